The molecule has 108 valence electrons. The first kappa shape index (κ1) is 14.4. The molecule has 5 heteroatoms. The molecule has 20 heavy (non-hydrogen) atoms. The van der Waals surface area contributed by atoms with Crippen LogP contribution in [0.25, 0.3) is 0 Å². The van der Waals surface area contributed by atoms with Gasteiger partial charge < -0.3 is 10.1 Å². The van der Waals surface area contributed by atoms with Crippen molar-refractivity contribution in [1.82, 2.24) is 10.7 Å². The first-order valence-corrected chi connectivity index (χ1v) is 7.01. The zero-order valence-corrected chi connectivity index (χ0v) is 11.8. The Balaban J connectivity index is 1.75. The van der Waals surface area contributed by atoms with Gasteiger partial charge in [-0.1, -0.05) is 19.3 Å². The fraction of sp³-hybridized carbons (Fsp3) is 0.467. The van der Waals surface area contributed by atoms with E-state index in [1.807, 2.05) is 24.3 Å². The number of carbonyl (C=O) groups is 1. The molecule has 0 heterocycles. The Morgan fingerprint density at radius 1 is 1.25 bits per heavy atom. The van der Waals surface area contributed by atoms with Crippen molar-refractivity contribution in [3.05, 3.63) is 29.8 Å². The third kappa shape index (κ3) is 4.57. The van der Waals surface area contributed by atoms with Gasteiger partial charge in [0.2, 0.25) is 0 Å². The molecule has 0 aromatic heterocycles. The largest absolute Gasteiger partial charge is 0.497 e. The van der Waals surface area contributed by atoms with Gasteiger partial charge in [0.15, 0.2) is 0 Å². The predicted octanol–water partition coefficient (Wildman–Crippen LogP) is 2.66. The maximum atomic E-state index is 11.6. The number of amides is 2. The van der Waals surface area contributed by atoms with E-state index >= 15 is 0 Å². The van der Waals surface area contributed by atoms with Crippen molar-refractivity contribution in [1.29, 1.82) is 0 Å². The molecule has 5 nitrogen and oxygen atoms in total. The van der Waals surface area contributed by atoms with Gasteiger partial charge in [0, 0.05) is 6.04 Å². The monoisotopic (exact) mass is 275 g/mol. The van der Waals surface area contributed by atoms with Crippen LogP contribution in [0, 0.1) is 0 Å². The Morgan fingerprint density at radius 3 is 2.60 bits per heavy atom. The van der Waals surface area contributed by atoms with Gasteiger partial charge in [0.25, 0.3) is 0 Å². The van der Waals surface area contributed by atoms with Gasteiger partial charge in [0.05, 0.1) is 13.3 Å². The molecule has 0 unspecified atom stereocenters. The smallest absolute Gasteiger partial charge is 0.335 e. The second kappa shape index (κ2) is 7.53. The van der Waals surface area contributed by atoms with Crippen LogP contribution in [0.15, 0.2) is 29.4 Å². The maximum absolute atomic E-state index is 11.6. The average Bonchev–Trinajstić information content (AvgIpc) is 2.49. The Bertz CT molecular complexity index is 451. The molecule has 2 amide bonds. The van der Waals surface area contributed by atoms with Crippen LogP contribution in [-0.2, 0) is 0 Å². The van der Waals surface area contributed by atoms with Crippen LogP contribution in [-0.4, -0.2) is 25.4 Å². The van der Waals surface area contributed by atoms with Crippen molar-refractivity contribution < 1.29 is 9.53 Å². The minimum atomic E-state index is -0.235. The van der Waals surface area contributed by atoms with Crippen molar-refractivity contribution in [2.75, 3.05) is 7.11 Å². The first-order valence-electron chi connectivity index (χ1n) is 7.01. The third-order valence-electron chi connectivity index (χ3n) is 3.44. The lowest BCUT2D eigenvalue weighted by molar-refractivity contribution is 0.233. The Kier molecular flexibility index (Phi) is 5.41. The number of urea groups is 1. The van der Waals surface area contributed by atoms with E-state index in [9.17, 15) is 4.79 Å². The fourth-order valence-electron chi connectivity index (χ4n) is 2.32. The van der Waals surface area contributed by atoms with Crippen LogP contribution >= 0.6 is 0 Å². The molecule has 0 saturated heterocycles. The summed E-state index contributed by atoms with van der Waals surface area (Å²) in [6.07, 6.45) is 7.40. The molecule has 0 atom stereocenters. The normalized spacial score (nSPS) is 16.1. The summed E-state index contributed by atoms with van der Waals surface area (Å²) >= 11 is 0. The van der Waals surface area contributed by atoms with E-state index in [1.165, 1.54) is 19.3 Å². The molecular weight excluding hydrogens is 254 g/mol. The standard InChI is InChI=1S/C15H21N3O2/c1-20-14-9-7-12(8-10-14)11-16-18-15(19)17-13-5-3-2-4-6-13/h7-11,13H,2-6H2,1H3,(H2,17,18,19)/b16-11+. The lowest BCUT2D eigenvalue weighted by Crippen LogP contribution is -2.41. The molecule has 0 aliphatic heterocycles. The molecular formula is C15H21N3O2. The van der Waals surface area contributed by atoms with Crippen LogP contribution in [0.4, 0.5) is 4.79 Å². The van der Waals surface area contributed by atoms with E-state index in [0.29, 0.717) is 6.04 Å². The fourth-order valence-corrected chi connectivity index (χ4v) is 2.32. The molecule has 1 aromatic rings. The molecule has 2 rings (SSSR count). The zero-order valence-electron chi connectivity index (χ0n) is 11.8. The van der Waals surface area contributed by atoms with E-state index in [-0.39, 0.29) is 6.03 Å². The first-order chi connectivity index (χ1) is 9.78. The summed E-state index contributed by atoms with van der Waals surface area (Å²) in [7, 11) is 1.63. The van der Waals surface area contributed by atoms with Crippen LogP contribution in [0.1, 0.15) is 37.7 Å². The van der Waals surface area contributed by atoms with Crippen molar-refractivity contribution in [2.45, 2.75) is 38.1 Å². The lowest BCUT2D eigenvalue weighted by atomic mass is 9.96. The molecule has 0 spiro atoms. The summed E-state index contributed by atoms with van der Waals surface area (Å²) in [5, 5.41) is 6.87. The SMILES string of the molecule is COc1ccc(/C=N/NC(=O)NC2CCCCC2)cc1. The number of rotatable bonds is 4. The van der Waals surface area contributed by atoms with Crippen molar-refractivity contribution >= 4 is 12.2 Å². The molecule has 0 bridgehead atoms. The highest BCUT2D eigenvalue weighted by atomic mass is 16.5. The number of nitrogens with one attached hydrogen (secondary N) is 2. The second-order valence-corrected chi connectivity index (χ2v) is 4.95. The van der Waals surface area contributed by atoms with Gasteiger partial charge >= 0.3 is 6.03 Å². The van der Waals surface area contributed by atoms with Gasteiger partial charge in [-0.15, -0.1) is 0 Å². The Morgan fingerprint density at radius 2 is 1.95 bits per heavy atom. The van der Waals surface area contributed by atoms with Crippen LogP contribution in [0.2, 0.25) is 0 Å². The highest BCUT2D eigenvalue weighted by Crippen LogP contribution is 2.17. The number of ether oxygens (including phenoxy) is 1. The summed E-state index contributed by atoms with van der Waals surface area (Å²) in [6, 6.07) is 7.51. The van der Waals surface area contributed by atoms with Crippen LogP contribution < -0.4 is 15.5 Å². The number of nitrogens with zero attached hydrogens (tertiary/aromatic N) is 1. The van der Waals surface area contributed by atoms with Gasteiger partial charge in [-0.05, 0) is 42.7 Å². The average molecular weight is 275 g/mol. The highest BCUT2D eigenvalue weighted by molar-refractivity contribution is 5.82. The number of hydrazone groups is 1. The predicted molar refractivity (Wildman–Crippen MR) is 79.1 cm³/mol. The van der Waals surface area contributed by atoms with Crippen molar-refractivity contribution in [2.24, 2.45) is 5.10 Å². The number of carbonyl (C=O) groups excluding carboxylic acids is 1. The molecule has 2 N–H and O–H groups in total. The lowest BCUT2D eigenvalue weighted by Gasteiger charge is -2.22. The molecule has 1 fully saturated rings. The van der Waals surface area contributed by atoms with E-state index in [4.69, 9.17) is 4.74 Å². The molecule has 1 aromatic carbocycles. The number of hydrogen-bond donors (Lipinski definition) is 2. The zero-order chi connectivity index (χ0) is 14.2. The quantitative estimate of drug-likeness (QED) is 0.655. The van der Waals surface area contributed by atoms with Crippen molar-refractivity contribution in [3.63, 3.8) is 0 Å². The van der Waals surface area contributed by atoms with E-state index in [2.05, 4.69) is 15.8 Å². The number of hydrogen-bond acceptors (Lipinski definition) is 3. The van der Waals surface area contributed by atoms with Gasteiger partial charge in [0.1, 0.15) is 5.75 Å². The molecule has 1 aliphatic carbocycles. The van der Waals surface area contributed by atoms with Gasteiger partial charge in [-0.3, -0.25) is 0 Å². The van der Waals surface area contributed by atoms with Gasteiger partial charge in [-0.25, -0.2) is 10.2 Å². The number of benzene rings is 1. The van der Waals surface area contributed by atoms with Crippen LogP contribution in [0.5, 0.6) is 5.75 Å². The molecule has 1 saturated carbocycles. The minimum absolute atomic E-state index is 0.235. The van der Waals surface area contributed by atoms with E-state index < -0.39 is 0 Å². The Labute approximate surface area is 119 Å². The molecule has 1 aliphatic rings. The second-order valence-electron chi connectivity index (χ2n) is 4.95. The van der Waals surface area contributed by atoms with Crippen LogP contribution in [0.3, 0.4) is 0 Å². The minimum Gasteiger partial charge on any atom is -0.497 e. The van der Waals surface area contributed by atoms with Crippen molar-refractivity contribution in [3.8, 4) is 5.75 Å². The third-order valence-corrected chi connectivity index (χ3v) is 3.44. The summed E-state index contributed by atoms with van der Waals surface area (Å²) in [5.74, 6) is 0.796. The topological polar surface area (TPSA) is 62.7 Å². The summed E-state index contributed by atoms with van der Waals surface area (Å²) in [5.41, 5.74) is 3.40. The molecule has 0 radical (unpaired) electrons. The van der Waals surface area contributed by atoms with Gasteiger partial charge in [-0.2, -0.15) is 5.10 Å². The number of methoxy groups -OCH3 is 1. The summed E-state index contributed by atoms with van der Waals surface area (Å²) < 4.78 is 5.07. The summed E-state index contributed by atoms with van der Waals surface area (Å²) in [4.78, 5) is 11.6. The highest BCUT2D eigenvalue weighted by Gasteiger charge is 2.14. The van der Waals surface area contributed by atoms with E-state index in [1.54, 1.807) is 13.3 Å². The van der Waals surface area contributed by atoms with E-state index in [0.717, 1.165) is 24.2 Å². The summed E-state index contributed by atoms with van der Waals surface area (Å²) in [6.45, 7) is 0. The maximum Gasteiger partial charge on any atom is 0.335 e. The Hall–Kier alpha value is -2.04.